The lowest BCUT2D eigenvalue weighted by Gasteiger charge is -2.23. The summed E-state index contributed by atoms with van der Waals surface area (Å²) in [6.07, 6.45) is 4.11. The lowest BCUT2D eigenvalue weighted by Crippen LogP contribution is -2.26. The van der Waals surface area contributed by atoms with E-state index in [1.165, 1.54) is 5.39 Å². The number of aliphatic imine (C=N–C) groups is 1. The molecule has 4 aromatic rings. The van der Waals surface area contributed by atoms with Crippen molar-refractivity contribution >= 4 is 57.0 Å². The predicted molar refractivity (Wildman–Crippen MR) is 138 cm³/mol. The number of hydrazone groups is 1. The number of halogens is 1. The molecule has 7 heteroatoms. The monoisotopic (exact) mass is 483 g/mol. The van der Waals surface area contributed by atoms with Crippen LogP contribution in [0.1, 0.15) is 29.3 Å². The fraction of sp³-hybridized carbons (Fsp3) is 0.0741. The van der Waals surface area contributed by atoms with Crippen molar-refractivity contribution in [3.63, 3.8) is 0 Å². The number of amidine groups is 1. The van der Waals surface area contributed by atoms with Gasteiger partial charge in [0.2, 0.25) is 0 Å². The van der Waals surface area contributed by atoms with Gasteiger partial charge < -0.3 is 4.42 Å². The normalized spacial score (nSPS) is 19.2. The van der Waals surface area contributed by atoms with Gasteiger partial charge in [-0.2, -0.15) is 10.1 Å². The molecule has 0 N–H and O–H groups in total. The molecule has 1 atom stereocenters. The number of amides is 1. The van der Waals surface area contributed by atoms with Crippen LogP contribution in [0.4, 0.5) is 4.79 Å². The Balaban J connectivity index is 1.44. The molecule has 0 aliphatic carbocycles. The maximum atomic E-state index is 12.3. The Labute approximate surface area is 205 Å². The van der Waals surface area contributed by atoms with Crippen LogP contribution in [0.5, 0.6) is 0 Å². The van der Waals surface area contributed by atoms with Gasteiger partial charge >= 0.3 is 5.24 Å². The third-order valence-corrected chi connectivity index (χ3v) is 6.93. The number of rotatable bonds is 3. The molecule has 1 amide bonds. The van der Waals surface area contributed by atoms with Gasteiger partial charge in [-0.05, 0) is 70.1 Å². The van der Waals surface area contributed by atoms with Gasteiger partial charge in [0.1, 0.15) is 5.76 Å². The van der Waals surface area contributed by atoms with Crippen LogP contribution in [0.3, 0.4) is 0 Å². The Kier molecular flexibility index (Phi) is 5.32. The molecular weight excluding hydrogens is 466 g/mol. The Morgan fingerprint density at radius 2 is 1.82 bits per heavy atom. The van der Waals surface area contributed by atoms with Crippen molar-refractivity contribution in [3.8, 4) is 0 Å². The summed E-state index contributed by atoms with van der Waals surface area (Å²) >= 11 is 7.23. The zero-order valence-electron chi connectivity index (χ0n) is 17.9. The molecule has 3 aromatic carbocycles. The molecule has 3 heterocycles. The minimum atomic E-state index is -0.267. The zero-order chi connectivity index (χ0) is 23.1. The summed E-state index contributed by atoms with van der Waals surface area (Å²) in [5.74, 6) is 1.19. The van der Waals surface area contributed by atoms with Gasteiger partial charge in [0.05, 0.1) is 22.9 Å². The molecule has 5 nitrogen and oxygen atoms in total. The van der Waals surface area contributed by atoms with Crippen LogP contribution in [-0.2, 0) is 0 Å². The first-order valence-electron chi connectivity index (χ1n) is 10.8. The van der Waals surface area contributed by atoms with Crippen LogP contribution in [-0.4, -0.2) is 21.8 Å². The summed E-state index contributed by atoms with van der Waals surface area (Å²) in [5, 5.41) is 9.60. The van der Waals surface area contributed by atoms with E-state index in [-0.39, 0.29) is 11.3 Å². The van der Waals surface area contributed by atoms with Crippen molar-refractivity contribution in [1.29, 1.82) is 0 Å². The summed E-state index contributed by atoms with van der Waals surface area (Å²) in [4.78, 5) is 17.4. The average molecular weight is 484 g/mol. The van der Waals surface area contributed by atoms with Crippen LogP contribution < -0.4 is 0 Å². The number of benzene rings is 3. The zero-order valence-corrected chi connectivity index (χ0v) is 19.5. The molecule has 0 spiro atoms. The predicted octanol–water partition coefficient (Wildman–Crippen LogP) is 7.54. The Bertz CT molecular complexity index is 1490. The second kappa shape index (κ2) is 8.63. The van der Waals surface area contributed by atoms with Crippen LogP contribution >= 0.6 is 23.4 Å². The first-order valence-corrected chi connectivity index (χ1v) is 12.0. The van der Waals surface area contributed by atoms with Gasteiger partial charge in [0.25, 0.3) is 0 Å². The molecule has 0 fully saturated rings. The molecule has 6 rings (SSSR count). The number of fused-ring (bicyclic) bond motifs is 1. The van der Waals surface area contributed by atoms with Gasteiger partial charge in [-0.3, -0.25) is 4.79 Å². The second-order valence-electron chi connectivity index (χ2n) is 8.05. The maximum absolute atomic E-state index is 12.3. The fourth-order valence-corrected chi connectivity index (χ4v) is 5.11. The highest BCUT2D eigenvalue weighted by atomic mass is 35.5. The molecule has 0 saturated heterocycles. The van der Waals surface area contributed by atoms with Crippen molar-refractivity contribution in [3.05, 3.63) is 112 Å². The van der Waals surface area contributed by atoms with Crippen LogP contribution in [0.2, 0.25) is 5.02 Å². The van der Waals surface area contributed by atoms with E-state index < -0.39 is 0 Å². The van der Waals surface area contributed by atoms with E-state index in [1.807, 2.05) is 59.6 Å². The van der Waals surface area contributed by atoms with Crippen molar-refractivity contribution in [2.45, 2.75) is 12.5 Å². The van der Waals surface area contributed by atoms with E-state index >= 15 is 0 Å². The number of thioether (sulfide) groups is 1. The number of hydrogen-bond donors (Lipinski definition) is 0. The van der Waals surface area contributed by atoms with Crippen molar-refractivity contribution in [2.75, 3.05) is 0 Å². The highest BCUT2D eigenvalue weighted by Gasteiger charge is 2.37. The third-order valence-electron chi connectivity index (χ3n) is 5.90. The number of hydrogen-bond acceptors (Lipinski definition) is 5. The first-order chi connectivity index (χ1) is 16.6. The molecule has 166 valence electrons. The summed E-state index contributed by atoms with van der Waals surface area (Å²) in [6.45, 7) is 0. The van der Waals surface area contributed by atoms with E-state index in [4.69, 9.17) is 21.1 Å². The van der Waals surface area contributed by atoms with Crippen molar-refractivity contribution in [2.24, 2.45) is 10.1 Å². The van der Waals surface area contributed by atoms with Gasteiger partial charge in [-0.1, -0.05) is 60.1 Å². The van der Waals surface area contributed by atoms with E-state index in [2.05, 4.69) is 35.3 Å². The smallest absolute Gasteiger partial charge is 0.311 e. The van der Waals surface area contributed by atoms with Crippen LogP contribution in [0.15, 0.2) is 105 Å². The van der Waals surface area contributed by atoms with E-state index in [0.717, 1.165) is 34.0 Å². The van der Waals surface area contributed by atoms with Gasteiger partial charge in [-0.15, -0.1) is 0 Å². The molecule has 0 radical (unpaired) electrons. The van der Waals surface area contributed by atoms with Gasteiger partial charge in [-0.25, -0.2) is 5.01 Å². The minimum Gasteiger partial charge on any atom is -0.465 e. The molecule has 34 heavy (non-hydrogen) atoms. The molecule has 2 aliphatic heterocycles. The number of furan rings is 1. The van der Waals surface area contributed by atoms with E-state index in [9.17, 15) is 4.79 Å². The second-order valence-corrected chi connectivity index (χ2v) is 9.48. The maximum Gasteiger partial charge on any atom is 0.311 e. The summed E-state index contributed by atoms with van der Waals surface area (Å²) in [7, 11) is 0. The van der Waals surface area contributed by atoms with Crippen LogP contribution in [0, 0.1) is 0 Å². The summed E-state index contributed by atoms with van der Waals surface area (Å²) in [5.41, 5.74) is 3.04. The SMILES string of the molecule is O=C1N=C(N2N=C(c3ccc4ccccc4c3)CC2c2ccc(Cl)cc2)/C(=C/c2ccco2)S1. The van der Waals surface area contributed by atoms with Gasteiger partial charge in [0.15, 0.2) is 5.84 Å². The highest BCUT2D eigenvalue weighted by Crippen LogP contribution is 2.40. The van der Waals surface area contributed by atoms with Crippen LogP contribution in [0.25, 0.3) is 16.8 Å². The molecule has 1 unspecified atom stereocenters. The van der Waals surface area contributed by atoms with E-state index in [1.54, 1.807) is 6.26 Å². The Morgan fingerprint density at radius 3 is 2.62 bits per heavy atom. The average Bonchev–Trinajstić information content (AvgIpc) is 3.60. The largest absolute Gasteiger partial charge is 0.465 e. The third kappa shape index (κ3) is 3.95. The quantitative estimate of drug-likeness (QED) is 0.302. The molecule has 0 saturated carbocycles. The molecule has 1 aromatic heterocycles. The van der Waals surface area contributed by atoms with Crippen molar-refractivity contribution < 1.29 is 9.21 Å². The molecule has 0 bridgehead atoms. The van der Waals surface area contributed by atoms with Crippen molar-refractivity contribution in [1.82, 2.24) is 5.01 Å². The molecular formula is C27H18ClN3O2S. The lowest BCUT2D eigenvalue weighted by atomic mass is 9.97. The topological polar surface area (TPSA) is 58.2 Å². The minimum absolute atomic E-state index is 0.121. The van der Waals surface area contributed by atoms with E-state index in [0.29, 0.717) is 27.9 Å². The Hall–Kier alpha value is -3.61. The standard InChI is InChI=1S/C27H18ClN3O2S/c28-21-11-9-18(10-12-21)24-16-23(20-8-7-17-4-1-2-5-19(17)14-20)30-31(24)26-25(34-27(32)29-26)15-22-6-3-13-33-22/h1-15,24H,16H2/b25-15-. The molecule has 2 aliphatic rings. The summed E-state index contributed by atoms with van der Waals surface area (Å²) in [6, 6.07) is 25.9. The Morgan fingerprint density at radius 1 is 1.00 bits per heavy atom. The number of nitrogens with zero attached hydrogens (tertiary/aromatic N) is 3. The number of carbonyl (C=O) groups excluding carboxylic acids is 1. The summed E-state index contributed by atoms with van der Waals surface area (Å²) < 4.78 is 5.47. The number of carbonyl (C=O) groups is 1. The highest BCUT2D eigenvalue weighted by molar-refractivity contribution is 8.18. The lowest BCUT2D eigenvalue weighted by molar-refractivity contribution is 0.267. The first kappa shape index (κ1) is 21.0. The fourth-order valence-electron chi connectivity index (χ4n) is 4.26. The van der Waals surface area contributed by atoms with Gasteiger partial charge in [0, 0.05) is 11.4 Å².